The lowest BCUT2D eigenvalue weighted by Gasteiger charge is -2.41. The molecule has 0 aromatic heterocycles. The number of aliphatic hydroxyl groups excluding tert-OH is 1. The first-order chi connectivity index (χ1) is 20.1. The third-order valence-corrected chi connectivity index (χ3v) is 9.29. The monoisotopic (exact) mass is 551 g/mol. The van der Waals surface area contributed by atoms with Crippen molar-refractivity contribution in [1.82, 2.24) is 9.80 Å². The van der Waals surface area contributed by atoms with Gasteiger partial charge >= 0.3 is 0 Å². The average Bonchev–Trinajstić information content (AvgIpc) is 3.38. The number of piperidine rings is 2. The van der Waals surface area contributed by atoms with E-state index in [1.165, 1.54) is 11.3 Å². The predicted octanol–water partition coefficient (Wildman–Crippen LogP) is 5.34. The van der Waals surface area contributed by atoms with Crippen LogP contribution in [0.2, 0.25) is 0 Å². The normalized spacial score (nSPS) is 19.7. The second kappa shape index (κ2) is 12.5. The molecule has 2 fully saturated rings. The maximum Gasteiger partial charge on any atom is 0.246 e. The quantitative estimate of drug-likeness (QED) is 0.370. The second-order valence-corrected chi connectivity index (χ2v) is 11.9. The summed E-state index contributed by atoms with van der Waals surface area (Å²) >= 11 is 0. The number of rotatable bonds is 8. The van der Waals surface area contributed by atoms with Crippen LogP contribution >= 0.6 is 0 Å². The number of ether oxygens (including phenoxy) is 1. The molecule has 2 saturated heterocycles. The van der Waals surface area contributed by atoms with Crippen molar-refractivity contribution in [2.24, 2.45) is 5.92 Å². The first kappa shape index (κ1) is 27.6. The van der Waals surface area contributed by atoms with Crippen molar-refractivity contribution in [2.75, 3.05) is 44.6 Å². The number of nitrogens with zero attached hydrogens (tertiary/aromatic N) is 2. The number of β-amino-alcohol motifs (C(OH)–C–C–N with tert-alkyl or cyclic N) is 1. The van der Waals surface area contributed by atoms with E-state index in [0.717, 1.165) is 68.7 Å². The maximum atomic E-state index is 12.9. The van der Waals surface area contributed by atoms with Gasteiger partial charge in [0, 0.05) is 43.4 Å². The molecular weight excluding hydrogens is 510 g/mol. The zero-order chi connectivity index (χ0) is 28.1. The summed E-state index contributed by atoms with van der Waals surface area (Å²) in [7, 11) is 0. The molecule has 2 N–H and O–H groups in total. The average molecular weight is 552 g/mol. The van der Waals surface area contributed by atoms with Crippen molar-refractivity contribution in [3.8, 4) is 5.75 Å². The third kappa shape index (κ3) is 6.50. The fraction of sp³-hybridized carbons (Fsp3) is 0.400. The molecule has 1 atom stereocenters. The van der Waals surface area contributed by atoms with Crippen LogP contribution < -0.4 is 10.1 Å². The summed E-state index contributed by atoms with van der Waals surface area (Å²) < 4.78 is 5.92. The zero-order valence-corrected chi connectivity index (χ0v) is 23.8. The summed E-state index contributed by atoms with van der Waals surface area (Å²) in [5.74, 6) is 1.05. The van der Waals surface area contributed by atoms with Gasteiger partial charge in [-0.15, -0.1) is 0 Å². The minimum atomic E-state index is -0.343. The Kier molecular flexibility index (Phi) is 8.40. The van der Waals surface area contributed by atoms with E-state index in [0.29, 0.717) is 19.7 Å². The lowest BCUT2D eigenvalue weighted by Crippen LogP contribution is -2.48. The van der Waals surface area contributed by atoms with E-state index >= 15 is 0 Å². The highest BCUT2D eigenvalue weighted by atomic mass is 16.5. The van der Waals surface area contributed by atoms with Gasteiger partial charge in [0.2, 0.25) is 5.91 Å². The van der Waals surface area contributed by atoms with Crippen LogP contribution in [-0.4, -0.2) is 66.2 Å². The number of benzene rings is 3. The maximum absolute atomic E-state index is 12.9. The summed E-state index contributed by atoms with van der Waals surface area (Å²) in [6.07, 6.45) is 7.13. The predicted molar refractivity (Wildman–Crippen MR) is 164 cm³/mol. The molecule has 1 spiro atoms. The molecule has 214 valence electrons. The molecule has 0 saturated carbocycles. The lowest BCUT2D eigenvalue weighted by atomic mass is 9.74. The number of carbonyl (C=O) groups excluding carboxylic acids is 1. The molecule has 3 aliphatic heterocycles. The van der Waals surface area contributed by atoms with Gasteiger partial charge < -0.3 is 25.0 Å². The molecule has 3 aromatic rings. The number of amides is 1. The Morgan fingerprint density at radius 3 is 2.54 bits per heavy atom. The van der Waals surface area contributed by atoms with Crippen molar-refractivity contribution < 1.29 is 14.6 Å². The molecule has 1 amide bonds. The van der Waals surface area contributed by atoms with Gasteiger partial charge in [0.15, 0.2) is 0 Å². The van der Waals surface area contributed by atoms with Crippen LogP contribution in [0.1, 0.15) is 42.4 Å². The minimum absolute atomic E-state index is 0.0281. The Labute approximate surface area is 243 Å². The largest absolute Gasteiger partial charge is 0.489 e. The molecule has 0 bridgehead atoms. The van der Waals surface area contributed by atoms with Crippen LogP contribution in [0.15, 0.2) is 84.9 Å². The Bertz CT molecular complexity index is 1340. The summed E-state index contributed by atoms with van der Waals surface area (Å²) in [5.41, 5.74) is 5.06. The molecule has 1 unspecified atom stereocenters. The number of nitrogens with one attached hydrogen (secondary N) is 1. The Hall–Kier alpha value is -3.61. The molecule has 3 aliphatic rings. The summed E-state index contributed by atoms with van der Waals surface area (Å²) in [5, 5.41) is 14.7. The van der Waals surface area contributed by atoms with E-state index in [9.17, 15) is 9.90 Å². The summed E-state index contributed by atoms with van der Waals surface area (Å²) in [6.45, 7) is 5.69. The fourth-order valence-corrected chi connectivity index (χ4v) is 6.71. The third-order valence-electron chi connectivity index (χ3n) is 9.29. The van der Waals surface area contributed by atoms with Crippen molar-refractivity contribution in [3.05, 3.63) is 102 Å². The van der Waals surface area contributed by atoms with Crippen LogP contribution in [-0.2, 0) is 16.8 Å². The summed E-state index contributed by atoms with van der Waals surface area (Å²) in [4.78, 5) is 17.2. The van der Waals surface area contributed by atoms with Gasteiger partial charge in [0.05, 0.1) is 6.10 Å². The smallest absolute Gasteiger partial charge is 0.246 e. The molecule has 41 heavy (non-hydrogen) atoms. The van der Waals surface area contributed by atoms with E-state index in [4.69, 9.17) is 4.74 Å². The molecule has 6 heteroatoms. The Morgan fingerprint density at radius 2 is 1.73 bits per heavy atom. The summed E-state index contributed by atoms with van der Waals surface area (Å²) in [6, 6.07) is 26.6. The molecule has 6 rings (SSSR count). The Balaban J connectivity index is 0.939. The lowest BCUT2D eigenvalue weighted by molar-refractivity contribution is -0.128. The SMILES string of the molecule is O=C(/C=C/c1cccc(OCc2ccccc2)c1)N1CCC(C(O)CN2CCC3(CC2)CNc2ccccc23)CC1. The molecule has 3 heterocycles. The van der Waals surface area contributed by atoms with E-state index in [1.54, 1.807) is 6.08 Å². The van der Waals surface area contributed by atoms with Crippen LogP contribution in [0.5, 0.6) is 5.75 Å². The Morgan fingerprint density at radius 1 is 0.976 bits per heavy atom. The van der Waals surface area contributed by atoms with Crippen LogP contribution in [0.4, 0.5) is 5.69 Å². The van der Waals surface area contributed by atoms with Gasteiger partial charge in [0.25, 0.3) is 0 Å². The topological polar surface area (TPSA) is 65.0 Å². The van der Waals surface area contributed by atoms with Gasteiger partial charge in [0.1, 0.15) is 12.4 Å². The van der Waals surface area contributed by atoms with E-state index in [-0.39, 0.29) is 23.3 Å². The van der Waals surface area contributed by atoms with Gasteiger partial charge in [-0.1, -0.05) is 60.7 Å². The van der Waals surface area contributed by atoms with Crippen LogP contribution in [0.25, 0.3) is 6.08 Å². The number of hydrogen-bond donors (Lipinski definition) is 2. The molecule has 3 aromatic carbocycles. The van der Waals surface area contributed by atoms with Gasteiger partial charge in [-0.2, -0.15) is 0 Å². The fourth-order valence-electron chi connectivity index (χ4n) is 6.71. The van der Waals surface area contributed by atoms with Gasteiger partial charge in [-0.25, -0.2) is 0 Å². The molecular formula is C35H41N3O3. The zero-order valence-electron chi connectivity index (χ0n) is 23.8. The number of fused-ring (bicyclic) bond motifs is 2. The van der Waals surface area contributed by atoms with E-state index in [1.807, 2.05) is 65.6 Å². The van der Waals surface area contributed by atoms with Crippen molar-refractivity contribution >= 4 is 17.7 Å². The number of anilines is 1. The van der Waals surface area contributed by atoms with Crippen molar-refractivity contribution in [1.29, 1.82) is 0 Å². The van der Waals surface area contributed by atoms with E-state index in [2.05, 4.69) is 34.5 Å². The standard InChI is InChI=1S/C35H41N3O3/c39-33(24-37-21-17-35(18-22-37)26-36-32-12-5-4-11-31(32)35)29-15-19-38(20-16-29)34(40)14-13-27-9-6-10-30(23-27)41-25-28-7-2-1-3-8-28/h1-14,23,29,33,36,39H,15-22,24-26H2/b14-13+. The van der Waals surface area contributed by atoms with Crippen molar-refractivity contribution in [3.63, 3.8) is 0 Å². The number of hydrogen-bond acceptors (Lipinski definition) is 5. The molecule has 6 nitrogen and oxygen atoms in total. The first-order valence-corrected chi connectivity index (χ1v) is 15.1. The number of para-hydroxylation sites is 1. The highest BCUT2D eigenvalue weighted by molar-refractivity contribution is 5.91. The van der Waals surface area contributed by atoms with Crippen LogP contribution in [0.3, 0.4) is 0 Å². The van der Waals surface area contributed by atoms with Gasteiger partial charge in [-0.3, -0.25) is 4.79 Å². The first-order valence-electron chi connectivity index (χ1n) is 15.1. The highest BCUT2D eigenvalue weighted by Crippen LogP contribution is 2.43. The molecule has 0 radical (unpaired) electrons. The number of aliphatic hydroxyl groups is 1. The minimum Gasteiger partial charge on any atom is -0.489 e. The van der Waals surface area contributed by atoms with Crippen molar-refractivity contribution in [2.45, 2.75) is 43.8 Å². The second-order valence-electron chi connectivity index (χ2n) is 11.9. The molecule has 0 aliphatic carbocycles. The number of likely N-dealkylation sites (tertiary alicyclic amines) is 2. The van der Waals surface area contributed by atoms with Crippen LogP contribution in [0, 0.1) is 5.92 Å². The number of carbonyl (C=O) groups is 1. The van der Waals surface area contributed by atoms with Gasteiger partial charge in [-0.05, 0) is 85.7 Å². The highest BCUT2D eigenvalue weighted by Gasteiger charge is 2.41. The van der Waals surface area contributed by atoms with E-state index < -0.39 is 0 Å².